The van der Waals surface area contributed by atoms with Gasteiger partial charge in [-0.15, -0.1) is 0 Å². The zero-order chi connectivity index (χ0) is 15.8. The molecule has 1 saturated heterocycles. The molecule has 2 fully saturated rings. The van der Waals surface area contributed by atoms with Gasteiger partial charge in [0.25, 0.3) is 5.91 Å². The van der Waals surface area contributed by atoms with Gasteiger partial charge < -0.3 is 19.2 Å². The lowest BCUT2D eigenvalue weighted by atomic mass is 10.1. The van der Waals surface area contributed by atoms with Gasteiger partial charge in [0.15, 0.2) is 5.75 Å². The molecule has 3 heterocycles. The molecule has 2 aliphatic rings. The number of carbonyl (C=O) groups is 1. The molecule has 1 amide bonds. The first-order valence-electron chi connectivity index (χ1n) is 7.82. The lowest BCUT2D eigenvalue weighted by Gasteiger charge is -2.19. The normalized spacial score (nSPS) is 23.9. The second-order valence-corrected chi connectivity index (χ2v) is 6.10. The molecule has 7 heteroatoms. The SMILES string of the molecule is Cn1cc(O[C@@H]2COC[C@@H]2NC(=O)c2ccoc2C2CC2)cn1. The molecule has 23 heavy (non-hydrogen) atoms. The van der Waals surface area contributed by atoms with Gasteiger partial charge in [-0.05, 0) is 18.9 Å². The number of nitrogens with zero attached hydrogens (tertiary/aromatic N) is 2. The lowest BCUT2D eigenvalue weighted by molar-refractivity contribution is 0.0902. The first-order chi connectivity index (χ1) is 11.2. The van der Waals surface area contributed by atoms with E-state index in [1.54, 1.807) is 29.4 Å². The van der Waals surface area contributed by atoms with Crippen molar-refractivity contribution in [2.75, 3.05) is 13.2 Å². The minimum absolute atomic E-state index is 0.129. The van der Waals surface area contributed by atoms with Crippen LogP contribution in [0.4, 0.5) is 0 Å². The summed E-state index contributed by atoms with van der Waals surface area (Å²) in [6, 6.07) is 1.54. The van der Waals surface area contributed by atoms with Crippen LogP contribution in [0.25, 0.3) is 0 Å². The molecule has 0 bridgehead atoms. The van der Waals surface area contributed by atoms with Gasteiger partial charge in [-0.25, -0.2) is 0 Å². The number of nitrogens with one attached hydrogen (secondary N) is 1. The van der Waals surface area contributed by atoms with E-state index in [0.717, 1.165) is 18.6 Å². The highest BCUT2D eigenvalue weighted by Crippen LogP contribution is 2.42. The second kappa shape index (κ2) is 5.73. The molecular weight excluding hydrogens is 298 g/mol. The quantitative estimate of drug-likeness (QED) is 0.903. The van der Waals surface area contributed by atoms with E-state index in [4.69, 9.17) is 13.9 Å². The standard InChI is InChI=1S/C16H19N3O4/c1-19-7-11(6-17-19)23-14-9-21-8-13(14)18-16(20)12-4-5-22-15(12)10-2-3-10/h4-7,10,13-14H,2-3,8-9H2,1H3,(H,18,20)/t13-,14+/m0/s1. The van der Waals surface area contributed by atoms with E-state index in [-0.39, 0.29) is 18.1 Å². The maximum atomic E-state index is 12.5. The minimum atomic E-state index is -0.223. The highest BCUT2D eigenvalue weighted by atomic mass is 16.5. The van der Waals surface area contributed by atoms with Gasteiger partial charge in [-0.3, -0.25) is 9.48 Å². The Morgan fingerprint density at radius 2 is 2.30 bits per heavy atom. The first kappa shape index (κ1) is 14.3. The van der Waals surface area contributed by atoms with Crippen LogP contribution < -0.4 is 10.1 Å². The van der Waals surface area contributed by atoms with Crippen LogP contribution >= 0.6 is 0 Å². The van der Waals surface area contributed by atoms with Crippen LogP contribution in [0.2, 0.25) is 0 Å². The molecule has 0 spiro atoms. The largest absolute Gasteiger partial charge is 0.482 e. The Morgan fingerprint density at radius 3 is 3.04 bits per heavy atom. The molecule has 122 valence electrons. The van der Waals surface area contributed by atoms with Gasteiger partial charge in [0, 0.05) is 13.0 Å². The van der Waals surface area contributed by atoms with E-state index in [9.17, 15) is 4.79 Å². The Labute approximate surface area is 133 Å². The molecule has 1 saturated carbocycles. The summed E-state index contributed by atoms with van der Waals surface area (Å²) in [4.78, 5) is 12.5. The van der Waals surface area contributed by atoms with Crippen molar-refractivity contribution in [2.24, 2.45) is 7.05 Å². The molecule has 2 atom stereocenters. The van der Waals surface area contributed by atoms with Gasteiger partial charge in [0.2, 0.25) is 0 Å². The molecule has 1 N–H and O–H groups in total. The molecule has 0 unspecified atom stereocenters. The predicted molar refractivity (Wildman–Crippen MR) is 80.4 cm³/mol. The Morgan fingerprint density at radius 1 is 1.43 bits per heavy atom. The fourth-order valence-corrected chi connectivity index (χ4v) is 2.84. The summed E-state index contributed by atoms with van der Waals surface area (Å²) in [5.41, 5.74) is 0.625. The van der Waals surface area contributed by atoms with E-state index in [2.05, 4.69) is 10.4 Å². The molecule has 1 aliphatic heterocycles. The predicted octanol–water partition coefficient (Wildman–Crippen LogP) is 1.47. The number of carbonyl (C=O) groups excluding carboxylic acids is 1. The fraction of sp³-hybridized carbons (Fsp3) is 0.500. The Hall–Kier alpha value is -2.28. The van der Waals surface area contributed by atoms with Gasteiger partial charge >= 0.3 is 0 Å². The summed E-state index contributed by atoms with van der Waals surface area (Å²) in [6.07, 6.45) is 6.98. The fourth-order valence-electron chi connectivity index (χ4n) is 2.84. The van der Waals surface area contributed by atoms with E-state index < -0.39 is 0 Å². The number of rotatable bonds is 5. The maximum Gasteiger partial charge on any atom is 0.255 e. The number of ether oxygens (including phenoxy) is 2. The maximum absolute atomic E-state index is 12.5. The Balaban J connectivity index is 1.42. The molecule has 1 aliphatic carbocycles. The number of hydrogen-bond donors (Lipinski definition) is 1. The van der Waals surface area contributed by atoms with Crippen molar-refractivity contribution in [1.29, 1.82) is 0 Å². The van der Waals surface area contributed by atoms with Crippen LogP contribution in [0.3, 0.4) is 0 Å². The lowest BCUT2D eigenvalue weighted by Crippen LogP contribution is -2.45. The molecule has 7 nitrogen and oxygen atoms in total. The van der Waals surface area contributed by atoms with E-state index in [1.807, 2.05) is 7.05 Å². The van der Waals surface area contributed by atoms with E-state index >= 15 is 0 Å². The first-order valence-corrected chi connectivity index (χ1v) is 7.82. The van der Waals surface area contributed by atoms with Crippen molar-refractivity contribution in [3.8, 4) is 5.75 Å². The van der Waals surface area contributed by atoms with E-state index in [0.29, 0.717) is 30.4 Å². The van der Waals surface area contributed by atoms with Gasteiger partial charge in [-0.2, -0.15) is 5.10 Å². The molecule has 4 rings (SSSR count). The van der Waals surface area contributed by atoms with Crippen molar-refractivity contribution in [1.82, 2.24) is 15.1 Å². The third-order valence-electron chi connectivity index (χ3n) is 4.20. The number of amides is 1. The molecule has 0 radical (unpaired) electrons. The summed E-state index contributed by atoms with van der Waals surface area (Å²) >= 11 is 0. The van der Waals surface area contributed by atoms with Crippen LogP contribution in [-0.2, 0) is 11.8 Å². The third-order valence-corrected chi connectivity index (χ3v) is 4.20. The van der Waals surface area contributed by atoms with Crippen LogP contribution in [0.1, 0.15) is 34.9 Å². The van der Waals surface area contributed by atoms with Gasteiger partial charge in [0.05, 0.1) is 43.5 Å². The molecule has 2 aromatic heterocycles. The summed E-state index contributed by atoms with van der Waals surface area (Å²) in [6.45, 7) is 0.883. The monoisotopic (exact) mass is 317 g/mol. The number of furan rings is 1. The number of aryl methyl sites for hydroxylation is 1. The Kier molecular flexibility index (Phi) is 3.57. The van der Waals surface area contributed by atoms with Crippen molar-refractivity contribution in [3.63, 3.8) is 0 Å². The van der Waals surface area contributed by atoms with Crippen molar-refractivity contribution < 1.29 is 18.7 Å². The van der Waals surface area contributed by atoms with Crippen molar-refractivity contribution >= 4 is 5.91 Å². The van der Waals surface area contributed by atoms with E-state index in [1.165, 1.54) is 0 Å². The summed E-state index contributed by atoms with van der Waals surface area (Å²) < 4.78 is 18.5. The zero-order valence-corrected chi connectivity index (χ0v) is 12.9. The van der Waals surface area contributed by atoms with Crippen LogP contribution in [0.5, 0.6) is 5.75 Å². The minimum Gasteiger partial charge on any atom is -0.482 e. The topological polar surface area (TPSA) is 78.5 Å². The molecule has 2 aromatic rings. The summed E-state index contributed by atoms with van der Waals surface area (Å²) in [7, 11) is 1.83. The van der Waals surface area contributed by atoms with Crippen molar-refractivity contribution in [3.05, 3.63) is 36.0 Å². The van der Waals surface area contributed by atoms with Crippen LogP contribution in [0.15, 0.2) is 29.1 Å². The number of aromatic nitrogens is 2. The molecular formula is C16H19N3O4. The number of hydrogen-bond acceptors (Lipinski definition) is 5. The second-order valence-electron chi connectivity index (χ2n) is 6.10. The van der Waals surface area contributed by atoms with Gasteiger partial charge in [0.1, 0.15) is 11.9 Å². The third kappa shape index (κ3) is 2.96. The highest BCUT2D eigenvalue weighted by Gasteiger charge is 2.35. The van der Waals surface area contributed by atoms with Crippen LogP contribution in [0, 0.1) is 0 Å². The van der Waals surface area contributed by atoms with Gasteiger partial charge in [-0.1, -0.05) is 0 Å². The highest BCUT2D eigenvalue weighted by molar-refractivity contribution is 5.95. The molecule has 0 aromatic carbocycles. The smallest absolute Gasteiger partial charge is 0.255 e. The van der Waals surface area contributed by atoms with Crippen molar-refractivity contribution in [2.45, 2.75) is 30.9 Å². The summed E-state index contributed by atoms with van der Waals surface area (Å²) in [5.74, 6) is 1.74. The van der Waals surface area contributed by atoms with Crippen LogP contribution in [-0.4, -0.2) is 41.0 Å². The average molecular weight is 317 g/mol. The average Bonchev–Trinajstić information content (AvgIpc) is 2.93. The Bertz CT molecular complexity index is 704. The zero-order valence-electron chi connectivity index (χ0n) is 12.9. The summed E-state index contributed by atoms with van der Waals surface area (Å²) in [5, 5.41) is 7.08.